The number of thiazole rings is 1. The van der Waals surface area contributed by atoms with E-state index in [0.29, 0.717) is 23.5 Å². The standard InChI is InChI=1S/C21H20F3N5O2S/c1-11-6-13(8-14(7-11)28-19-26-5-3-16(29-19)21(22,23)24)15-10-27-18(32-15)20(31)4-2-12(9-20)17(25)30/h3,5-8,10,12,31H,2,4,9H2,1H3,(H2,25,30)(H,26,28,29)/t12?,20-/m0/s1. The number of nitrogens with one attached hydrogen (secondary N) is 1. The van der Waals surface area contributed by atoms with Gasteiger partial charge in [-0.25, -0.2) is 15.0 Å². The van der Waals surface area contributed by atoms with Gasteiger partial charge in [0.05, 0.1) is 4.88 Å². The lowest BCUT2D eigenvalue weighted by Crippen LogP contribution is -2.26. The molecule has 3 aromatic rings. The van der Waals surface area contributed by atoms with Crippen LogP contribution in [0, 0.1) is 12.8 Å². The number of nitrogens with two attached hydrogens (primary N) is 1. The minimum Gasteiger partial charge on any atom is -0.383 e. The average molecular weight is 463 g/mol. The van der Waals surface area contributed by atoms with Crippen molar-refractivity contribution in [1.29, 1.82) is 0 Å². The Bertz CT molecular complexity index is 1170. The van der Waals surface area contributed by atoms with Crippen molar-refractivity contribution in [3.05, 3.63) is 52.9 Å². The Morgan fingerprint density at radius 3 is 2.78 bits per heavy atom. The lowest BCUT2D eigenvalue weighted by Gasteiger charge is -2.19. The molecule has 11 heteroatoms. The van der Waals surface area contributed by atoms with E-state index in [-0.39, 0.29) is 18.3 Å². The molecule has 2 aromatic heterocycles. The molecule has 0 bridgehead atoms. The minimum absolute atomic E-state index is 0.167. The van der Waals surface area contributed by atoms with Gasteiger partial charge in [0.2, 0.25) is 11.9 Å². The molecule has 0 aliphatic heterocycles. The van der Waals surface area contributed by atoms with E-state index in [1.54, 1.807) is 18.3 Å². The number of carbonyl (C=O) groups excluding carboxylic acids is 1. The monoisotopic (exact) mass is 463 g/mol. The van der Waals surface area contributed by atoms with Crippen LogP contribution in [0.5, 0.6) is 0 Å². The van der Waals surface area contributed by atoms with Crippen LogP contribution in [0.25, 0.3) is 10.4 Å². The smallest absolute Gasteiger partial charge is 0.383 e. The third-order valence-corrected chi connectivity index (χ3v) is 6.60. The molecule has 1 amide bonds. The van der Waals surface area contributed by atoms with Crippen LogP contribution < -0.4 is 11.1 Å². The van der Waals surface area contributed by atoms with E-state index >= 15 is 0 Å². The number of anilines is 2. The summed E-state index contributed by atoms with van der Waals surface area (Å²) in [5.74, 6) is -0.974. The number of rotatable bonds is 5. The second kappa shape index (κ2) is 8.14. The van der Waals surface area contributed by atoms with Crippen LogP contribution in [-0.4, -0.2) is 26.0 Å². The van der Waals surface area contributed by atoms with Crippen LogP contribution in [0.3, 0.4) is 0 Å². The van der Waals surface area contributed by atoms with E-state index in [0.717, 1.165) is 28.3 Å². The van der Waals surface area contributed by atoms with Crippen molar-refractivity contribution in [1.82, 2.24) is 15.0 Å². The highest BCUT2D eigenvalue weighted by molar-refractivity contribution is 7.15. The number of alkyl halides is 3. The normalized spacial score (nSPS) is 21.0. The van der Waals surface area contributed by atoms with E-state index in [2.05, 4.69) is 20.3 Å². The summed E-state index contributed by atoms with van der Waals surface area (Å²) in [6.07, 6.45) is -0.731. The zero-order chi connectivity index (χ0) is 23.1. The fraction of sp³-hybridized carbons (Fsp3) is 0.333. The summed E-state index contributed by atoms with van der Waals surface area (Å²) in [6.45, 7) is 1.85. The molecule has 1 aliphatic rings. The van der Waals surface area contributed by atoms with E-state index in [4.69, 9.17) is 5.73 Å². The van der Waals surface area contributed by atoms with Crippen molar-refractivity contribution in [3.63, 3.8) is 0 Å². The van der Waals surface area contributed by atoms with Gasteiger partial charge in [0.1, 0.15) is 16.3 Å². The zero-order valence-corrected chi connectivity index (χ0v) is 17.8. The number of aryl methyl sites for hydroxylation is 1. The van der Waals surface area contributed by atoms with Gasteiger partial charge in [-0.3, -0.25) is 4.79 Å². The van der Waals surface area contributed by atoms with Crippen LogP contribution in [0.15, 0.2) is 36.7 Å². The first-order valence-electron chi connectivity index (χ1n) is 9.81. The molecule has 32 heavy (non-hydrogen) atoms. The molecular weight excluding hydrogens is 443 g/mol. The minimum atomic E-state index is -4.57. The molecule has 4 rings (SSSR count). The Balaban J connectivity index is 1.59. The summed E-state index contributed by atoms with van der Waals surface area (Å²) in [7, 11) is 0. The molecule has 1 aromatic carbocycles. The first-order valence-corrected chi connectivity index (χ1v) is 10.6. The van der Waals surface area contributed by atoms with Gasteiger partial charge in [0.15, 0.2) is 0 Å². The number of nitrogens with zero attached hydrogens (tertiary/aromatic N) is 3. The lowest BCUT2D eigenvalue weighted by atomic mass is 10.0. The van der Waals surface area contributed by atoms with E-state index in [1.165, 1.54) is 11.3 Å². The predicted molar refractivity (Wildman–Crippen MR) is 113 cm³/mol. The van der Waals surface area contributed by atoms with Gasteiger partial charge in [-0.05, 0) is 55.5 Å². The molecule has 1 saturated carbocycles. The molecule has 2 heterocycles. The number of carbonyl (C=O) groups is 1. The van der Waals surface area contributed by atoms with Crippen molar-refractivity contribution in [3.8, 4) is 10.4 Å². The van der Waals surface area contributed by atoms with E-state index in [1.807, 2.05) is 13.0 Å². The molecule has 2 atom stereocenters. The predicted octanol–water partition coefficient (Wildman–Crippen LogP) is 4.14. The van der Waals surface area contributed by atoms with Crippen LogP contribution >= 0.6 is 11.3 Å². The average Bonchev–Trinajstić information content (AvgIpc) is 3.35. The maximum atomic E-state index is 12.9. The van der Waals surface area contributed by atoms with Crippen molar-refractivity contribution in [2.45, 2.75) is 38.0 Å². The van der Waals surface area contributed by atoms with Crippen molar-refractivity contribution in [2.24, 2.45) is 11.7 Å². The number of amides is 1. The summed E-state index contributed by atoms with van der Waals surface area (Å²) in [6, 6.07) is 6.22. The molecule has 1 unspecified atom stereocenters. The van der Waals surface area contributed by atoms with Gasteiger partial charge < -0.3 is 16.2 Å². The topological polar surface area (TPSA) is 114 Å². The summed E-state index contributed by atoms with van der Waals surface area (Å²) < 4.78 is 38.7. The van der Waals surface area contributed by atoms with Gasteiger partial charge >= 0.3 is 6.18 Å². The highest BCUT2D eigenvalue weighted by Crippen LogP contribution is 2.45. The number of aromatic nitrogens is 3. The van der Waals surface area contributed by atoms with Crippen LogP contribution in [-0.2, 0) is 16.6 Å². The second-order valence-corrected chi connectivity index (χ2v) is 8.91. The number of hydrogen-bond acceptors (Lipinski definition) is 7. The molecule has 168 valence electrons. The Labute approximate surface area is 185 Å². The number of halogens is 3. The number of hydrogen-bond donors (Lipinski definition) is 3. The van der Waals surface area contributed by atoms with Crippen molar-refractivity contribution in [2.75, 3.05) is 5.32 Å². The van der Waals surface area contributed by atoms with Gasteiger partial charge in [-0.2, -0.15) is 13.2 Å². The highest BCUT2D eigenvalue weighted by Gasteiger charge is 2.43. The number of benzene rings is 1. The Morgan fingerprint density at radius 1 is 1.31 bits per heavy atom. The number of aliphatic hydroxyl groups is 1. The SMILES string of the molecule is Cc1cc(Nc2nccc(C(F)(F)F)n2)cc(-c2cnc([C@]3(O)CCC(C(N)=O)C3)s2)c1. The summed E-state index contributed by atoms with van der Waals surface area (Å²) >= 11 is 1.30. The largest absolute Gasteiger partial charge is 0.433 e. The fourth-order valence-electron chi connectivity index (χ4n) is 3.79. The molecule has 1 aliphatic carbocycles. The van der Waals surface area contributed by atoms with Gasteiger partial charge in [-0.15, -0.1) is 11.3 Å². The Kier molecular flexibility index (Phi) is 5.63. The quantitative estimate of drug-likeness (QED) is 0.524. The molecular formula is C21H20F3N5O2S. The molecule has 1 fully saturated rings. The van der Waals surface area contributed by atoms with Gasteiger partial charge in [0.25, 0.3) is 0 Å². The third-order valence-electron chi connectivity index (χ3n) is 5.36. The first kappa shape index (κ1) is 22.2. The van der Waals surface area contributed by atoms with Crippen molar-refractivity contribution < 1.29 is 23.1 Å². The molecule has 7 nitrogen and oxygen atoms in total. The van der Waals surface area contributed by atoms with Crippen LogP contribution in [0.4, 0.5) is 24.8 Å². The fourth-order valence-corrected chi connectivity index (χ4v) is 4.82. The number of primary amides is 1. The summed E-state index contributed by atoms with van der Waals surface area (Å²) in [5, 5.41) is 14.3. The molecule has 0 spiro atoms. The van der Waals surface area contributed by atoms with E-state index < -0.39 is 23.4 Å². The van der Waals surface area contributed by atoms with Gasteiger partial charge in [-0.1, -0.05) is 6.07 Å². The zero-order valence-electron chi connectivity index (χ0n) is 17.0. The Morgan fingerprint density at radius 2 is 2.09 bits per heavy atom. The van der Waals surface area contributed by atoms with Crippen LogP contribution in [0.1, 0.15) is 35.5 Å². The van der Waals surface area contributed by atoms with E-state index in [9.17, 15) is 23.1 Å². The van der Waals surface area contributed by atoms with Gasteiger partial charge in [0, 0.05) is 24.0 Å². The molecule has 0 radical (unpaired) electrons. The van der Waals surface area contributed by atoms with Crippen LogP contribution in [0.2, 0.25) is 0 Å². The maximum Gasteiger partial charge on any atom is 0.433 e. The lowest BCUT2D eigenvalue weighted by molar-refractivity contribution is -0.141. The second-order valence-electron chi connectivity index (χ2n) is 7.88. The molecule has 4 N–H and O–H groups in total. The summed E-state index contributed by atoms with van der Waals surface area (Å²) in [5.41, 5.74) is 5.30. The first-order chi connectivity index (χ1) is 15.0. The highest BCUT2D eigenvalue weighted by atomic mass is 32.1. The summed E-state index contributed by atoms with van der Waals surface area (Å²) in [4.78, 5) is 24.0. The molecule has 0 saturated heterocycles. The Hall–Kier alpha value is -3.05. The van der Waals surface area contributed by atoms with Crippen molar-refractivity contribution >= 4 is 28.9 Å². The third kappa shape index (κ3) is 4.58. The maximum absolute atomic E-state index is 12.9.